The number of anilines is 2. The van der Waals surface area contributed by atoms with Crippen LogP contribution in [0.5, 0.6) is 5.75 Å². The first-order valence-corrected chi connectivity index (χ1v) is 25.0. The number of nitrogens with zero attached hydrogens (tertiary/aromatic N) is 2. The molecule has 2 aromatic carbocycles. The molecule has 4 amide bonds. The average Bonchev–Trinajstić information content (AvgIpc) is 3.56. The summed E-state index contributed by atoms with van der Waals surface area (Å²) in [7, 11) is -1.44. The van der Waals surface area contributed by atoms with Crippen LogP contribution < -0.4 is 31.7 Å². The molecule has 1 saturated heterocycles. The minimum atomic E-state index is -1.44. The zero-order valence-electron chi connectivity index (χ0n) is 41.8. The zero-order valence-corrected chi connectivity index (χ0v) is 42.7. The van der Waals surface area contributed by atoms with Gasteiger partial charge in [-0.15, -0.1) is 0 Å². The molecule has 0 bridgehead atoms. The normalized spacial score (nSPS) is 16.3. The van der Waals surface area contributed by atoms with E-state index < -0.39 is 73.5 Å². The number of benzene rings is 2. The van der Waals surface area contributed by atoms with Crippen LogP contribution in [0.4, 0.5) is 11.4 Å². The number of rotatable bonds is 29. The fourth-order valence-corrected chi connectivity index (χ4v) is 7.39. The number of nitrogen functional groups attached to an aromatic ring is 1. The summed E-state index contributed by atoms with van der Waals surface area (Å²) in [5.74, 6) is -3.91. The summed E-state index contributed by atoms with van der Waals surface area (Å²) in [5, 5.41) is 25.0. The Kier molecular flexibility index (Phi) is 22.3. The van der Waals surface area contributed by atoms with E-state index in [4.69, 9.17) is 30.4 Å². The maximum absolute atomic E-state index is 13.9. The summed E-state index contributed by atoms with van der Waals surface area (Å²) in [5.41, 5.74) is 13.7. The number of carboxylic acid groups (broad SMARTS) is 1. The van der Waals surface area contributed by atoms with Gasteiger partial charge in [0.15, 0.2) is 0 Å². The van der Waals surface area contributed by atoms with Crippen molar-refractivity contribution in [3.63, 3.8) is 0 Å². The lowest BCUT2D eigenvalue weighted by Gasteiger charge is -2.29. The number of esters is 1. The van der Waals surface area contributed by atoms with E-state index in [-0.39, 0.29) is 100 Å². The van der Waals surface area contributed by atoms with Crippen LogP contribution in [0.2, 0.25) is 0 Å². The first-order valence-electron chi connectivity index (χ1n) is 23.1. The molecule has 1 aliphatic rings. The molecule has 0 aliphatic carbocycles. The van der Waals surface area contributed by atoms with Gasteiger partial charge in [-0.05, 0) is 60.3 Å². The van der Waals surface area contributed by atoms with Crippen LogP contribution in [-0.2, 0) is 49.4 Å². The molecule has 5 unspecified atom stereocenters. The fourth-order valence-electron chi connectivity index (χ4n) is 7.08. The van der Waals surface area contributed by atoms with E-state index in [0.29, 0.717) is 22.5 Å². The second kappa shape index (κ2) is 26.6. The molecule has 3 rings (SSSR count). The molecule has 1 aliphatic heterocycles. The number of nitrogens with two attached hydrogens (primary N) is 2. The minimum Gasteiger partial charge on any atom is -0.481 e. The average molecular weight is 987 g/mol. The number of aliphatic hydroxyl groups is 1. The van der Waals surface area contributed by atoms with Gasteiger partial charge >= 0.3 is 11.9 Å². The molecule has 9 N–H and O–H groups in total. The standard InChI is InChI=1S/C49H75N6O13P/c1-30(2)37-22-43(59)55(46(37)62)36-14-11-33(12-15-36)19-42(58)54(25-41(57)53-27-49(8,9)29-65-28-48(6,7)23-44(60)61)18-17-52-24-35(50)21-40(68-47(63)31(3)4)34-13-16-39(38(51)20-34)67-45(26-56)66-32(5)69(10)64/h11-16,20,24,30-32,37,40,45,52,56,64H,17-19,21-23,25-29,50-51H2,1-10H3,(H,53,57)(H,60,61)/b35-24-. The van der Waals surface area contributed by atoms with E-state index in [1.807, 2.05) is 27.7 Å². The van der Waals surface area contributed by atoms with Crippen molar-refractivity contribution in [2.75, 3.05) is 63.3 Å². The van der Waals surface area contributed by atoms with E-state index in [0.717, 1.165) is 0 Å². The van der Waals surface area contributed by atoms with Crippen LogP contribution in [0.15, 0.2) is 54.4 Å². The summed E-state index contributed by atoms with van der Waals surface area (Å²) in [6.45, 7) is 18.0. The molecule has 0 spiro atoms. The van der Waals surface area contributed by atoms with Crippen molar-refractivity contribution in [3.8, 4) is 5.75 Å². The second-order valence-corrected chi connectivity index (χ2v) is 21.6. The Labute approximate surface area is 407 Å². The highest BCUT2D eigenvalue weighted by atomic mass is 31.1. The Morgan fingerprint density at radius 2 is 1.65 bits per heavy atom. The van der Waals surface area contributed by atoms with Crippen LogP contribution in [-0.4, -0.2) is 120 Å². The van der Waals surface area contributed by atoms with Crippen LogP contribution in [0.3, 0.4) is 0 Å². The number of carbonyl (C=O) groups excluding carboxylic acids is 5. The van der Waals surface area contributed by atoms with Crippen molar-refractivity contribution in [2.45, 2.75) is 106 Å². The molecule has 5 atom stereocenters. The van der Waals surface area contributed by atoms with Crippen LogP contribution in [0.25, 0.3) is 0 Å². The van der Waals surface area contributed by atoms with Crippen molar-refractivity contribution in [2.24, 2.45) is 34.3 Å². The van der Waals surface area contributed by atoms with Crippen molar-refractivity contribution >= 4 is 55.1 Å². The lowest BCUT2D eigenvalue weighted by molar-refractivity contribution is -0.153. The SMILES string of the molecule is CC(C)C(=O)OC(C/C(N)=C/NCCN(CC(=O)NCC(C)(C)COCC(C)(C)CC(=O)O)C(=O)Cc1ccc(N2C(=O)CC(C(C)C)C2=O)cc1)c1ccc(OC(CO)OC(C)P(C)O)c(N)c1. The lowest BCUT2D eigenvalue weighted by Crippen LogP contribution is -2.46. The number of ether oxygens (including phenoxy) is 4. The third-order valence-corrected chi connectivity index (χ3v) is 12.4. The Morgan fingerprint density at radius 3 is 2.22 bits per heavy atom. The van der Waals surface area contributed by atoms with E-state index in [9.17, 15) is 43.9 Å². The van der Waals surface area contributed by atoms with Gasteiger partial charge in [-0.3, -0.25) is 33.7 Å². The summed E-state index contributed by atoms with van der Waals surface area (Å²) in [6.07, 6.45) is -0.389. The highest BCUT2D eigenvalue weighted by Crippen LogP contribution is 2.35. The number of aliphatic hydroxyl groups excluding tert-OH is 1. The Hall–Kier alpha value is -5.33. The number of hydrogen-bond donors (Lipinski definition) is 7. The number of aliphatic carboxylic acids is 1. The first-order chi connectivity index (χ1) is 32.2. The van der Waals surface area contributed by atoms with Gasteiger partial charge < -0.3 is 61.1 Å². The van der Waals surface area contributed by atoms with Crippen LogP contribution in [0, 0.1) is 28.6 Å². The predicted molar refractivity (Wildman–Crippen MR) is 262 cm³/mol. The van der Waals surface area contributed by atoms with Crippen LogP contribution in [0.1, 0.15) is 98.8 Å². The molecule has 20 heteroatoms. The highest BCUT2D eigenvalue weighted by Gasteiger charge is 2.41. The van der Waals surface area contributed by atoms with E-state index >= 15 is 0 Å². The number of carboxylic acids is 1. The lowest BCUT2D eigenvalue weighted by atomic mass is 9.90. The number of imide groups is 1. The van der Waals surface area contributed by atoms with Gasteiger partial charge in [-0.1, -0.05) is 73.6 Å². The summed E-state index contributed by atoms with van der Waals surface area (Å²) in [6, 6.07) is 11.4. The Morgan fingerprint density at radius 1 is 1.00 bits per heavy atom. The Balaban J connectivity index is 1.75. The molecule has 0 radical (unpaired) electrons. The van der Waals surface area contributed by atoms with Crippen molar-refractivity contribution in [1.82, 2.24) is 15.5 Å². The van der Waals surface area contributed by atoms with Gasteiger partial charge in [0, 0.05) is 49.8 Å². The topological polar surface area (TPSA) is 283 Å². The van der Waals surface area contributed by atoms with Crippen molar-refractivity contribution in [3.05, 3.63) is 65.5 Å². The van der Waals surface area contributed by atoms with Gasteiger partial charge in [0.1, 0.15) is 24.3 Å². The molecular formula is C49H75N6O13P. The fraction of sp³-hybridized carbons (Fsp3) is 0.592. The van der Waals surface area contributed by atoms with Gasteiger partial charge in [0.25, 0.3) is 0 Å². The van der Waals surface area contributed by atoms with Crippen molar-refractivity contribution < 1.29 is 62.8 Å². The molecule has 0 saturated carbocycles. The summed E-state index contributed by atoms with van der Waals surface area (Å²) < 4.78 is 23.1. The molecule has 1 heterocycles. The molecule has 2 aromatic rings. The first kappa shape index (κ1) is 58.0. The molecule has 69 heavy (non-hydrogen) atoms. The highest BCUT2D eigenvalue weighted by molar-refractivity contribution is 7.51. The molecule has 1 fully saturated rings. The van der Waals surface area contributed by atoms with E-state index in [2.05, 4.69) is 10.6 Å². The number of hydrogen-bond acceptors (Lipinski definition) is 15. The van der Waals surface area contributed by atoms with E-state index in [1.54, 1.807) is 83.7 Å². The number of amides is 4. The molecule has 384 valence electrons. The summed E-state index contributed by atoms with van der Waals surface area (Å²) >= 11 is 0. The van der Waals surface area contributed by atoms with Gasteiger partial charge in [-0.2, -0.15) is 0 Å². The zero-order chi connectivity index (χ0) is 51.8. The quantitative estimate of drug-likeness (QED) is 0.0146. The summed E-state index contributed by atoms with van der Waals surface area (Å²) in [4.78, 5) is 89.7. The van der Waals surface area contributed by atoms with Crippen molar-refractivity contribution in [1.29, 1.82) is 0 Å². The van der Waals surface area contributed by atoms with Gasteiger partial charge in [0.05, 0.1) is 64.0 Å². The molecular weight excluding hydrogens is 912 g/mol. The largest absolute Gasteiger partial charge is 0.481 e. The van der Waals surface area contributed by atoms with E-state index in [1.165, 1.54) is 16.0 Å². The maximum atomic E-state index is 13.9. The number of nitrogens with one attached hydrogen (secondary N) is 2. The van der Waals surface area contributed by atoms with Gasteiger partial charge in [0.2, 0.25) is 29.9 Å². The minimum absolute atomic E-state index is 0.00700. The molecule has 19 nitrogen and oxygen atoms in total. The monoisotopic (exact) mass is 987 g/mol. The van der Waals surface area contributed by atoms with Crippen LogP contribution >= 0.6 is 8.15 Å². The van der Waals surface area contributed by atoms with Gasteiger partial charge in [-0.25, -0.2) is 0 Å². The smallest absolute Gasteiger partial charge is 0.308 e. The predicted octanol–water partition coefficient (Wildman–Crippen LogP) is 4.63. The maximum Gasteiger partial charge on any atom is 0.308 e. The number of carbonyl (C=O) groups is 6. The third kappa shape index (κ3) is 19.2. The molecule has 0 aromatic heterocycles. The Bertz CT molecular complexity index is 2100. The second-order valence-electron chi connectivity index (χ2n) is 19.7. The third-order valence-electron chi connectivity index (χ3n) is 11.3.